The second kappa shape index (κ2) is 9.22. The van der Waals surface area contributed by atoms with Gasteiger partial charge in [0.25, 0.3) is 0 Å². The average Bonchev–Trinajstić information content (AvgIpc) is 2.68. The van der Waals surface area contributed by atoms with E-state index in [0.717, 1.165) is 7.11 Å². The number of rotatable bonds is 6. The van der Waals surface area contributed by atoms with Crippen LogP contribution in [0, 0.1) is 0 Å². The monoisotopic (exact) mass is 386 g/mol. The molecule has 8 heteroatoms. The lowest BCUT2D eigenvalue weighted by atomic mass is 10.1. The summed E-state index contributed by atoms with van der Waals surface area (Å²) < 4.78 is 19.9. The first-order valence-corrected chi connectivity index (χ1v) is 8.03. The topological polar surface area (TPSA) is 108 Å². The molecular weight excluding hydrogens is 368 g/mol. The Bertz CT molecular complexity index is 930. The molecule has 0 bridgehead atoms. The Morgan fingerprint density at radius 1 is 0.893 bits per heavy atom. The highest BCUT2D eigenvalue weighted by Gasteiger charge is 2.20. The summed E-state index contributed by atoms with van der Waals surface area (Å²) >= 11 is 0. The Labute approximate surface area is 160 Å². The molecule has 2 aromatic rings. The summed E-state index contributed by atoms with van der Waals surface area (Å²) in [5.41, 5.74) is 0.228. The highest BCUT2D eigenvalue weighted by atomic mass is 16.6. The number of phenolic OH excluding ortho intramolecular Hbond substituents is 1. The van der Waals surface area contributed by atoms with Crippen molar-refractivity contribution in [2.45, 2.75) is 6.92 Å². The van der Waals surface area contributed by atoms with Gasteiger partial charge in [0.2, 0.25) is 5.76 Å². The van der Waals surface area contributed by atoms with Crippen LogP contribution in [0.4, 0.5) is 0 Å². The molecule has 0 fully saturated rings. The molecule has 1 N–H and O–H groups in total. The summed E-state index contributed by atoms with van der Waals surface area (Å²) in [5, 5.41) is 10.3. The lowest BCUT2D eigenvalue weighted by Gasteiger charge is -2.12. The second-order valence-electron chi connectivity index (χ2n) is 5.38. The van der Waals surface area contributed by atoms with E-state index >= 15 is 0 Å². The van der Waals surface area contributed by atoms with Crippen molar-refractivity contribution < 1.29 is 38.4 Å². The standard InChI is InChI=1S/C20H18O8/c1-12(21)27-15-9-5-4-7-13(15)11-17(20(24)26-3)28-16-10-6-8-14(18(16)22)19(23)25-2/h4-11,22H,1-3H3/b17-11+. The van der Waals surface area contributed by atoms with Crippen LogP contribution in [-0.4, -0.2) is 37.2 Å². The molecule has 0 spiro atoms. The normalized spacial score (nSPS) is 10.8. The molecule has 0 aliphatic heterocycles. The summed E-state index contributed by atoms with van der Waals surface area (Å²) in [6.07, 6.45) is 1.29. The molecule has 0 aliphatic carbocycles. The van der Waals surface area contributed by atoms with Gasteiger partial charge in [-0.3, -0.25) is 4.79 Å². The van der Waals surface area contributed by atoms with Crippen LogP contribution < -0.4 is 9.47 Å². The van der Waals surface area contributed by atoms with Gasteiger partial charge in [0.05, 0.1) is 14.2 Å². The zero-order valence-electron chi connectivity index (χ0n) is 15.4. The number of esters is 3. The SMILES string of the molecule is COC(=O)/C(=C\c1ccccc1OC(C)=O)Oc1cccc(C(=O)OC)c1O. The molecule has 2 aromatic carbocycles. The Hall–Kier alpha value is -3.81. The maximum atomic E-state index is 12.1. The molecule has 28 heavy (non-hydrogen) atoms. The van der Waals surface area contributed by atoms with Crippen LogP contribution in [0.25, 0.3) is 6.08 Å². The van der Waals surface area contributed by atoms with Crippen LogP contribution in [0.2, 0.25) is 0 Å². The second-order valence-corrected chi connectivity index (χ2v) is 5.38. The van der Waals surface area contributed by atoms with Crippen LogP contribution in [0.5, 0.6) is 17.2 Å². The van der Waals surface area contributed by atoms with Gasteiger partial charge < -0.3 is 24.1 Å². The molecule has 0 atom stereocenters. The van der Waals surface area contributed by atoms with Crippen LogP contribution in [-0.2, 0) is 19.1 Å². The van der Waals surface area contributed by atoms with Crippen LogP contribution in [0.15, 0.2) is 48.2 Å². The first kappa shape index (κ1) is 20.5. The van der Waals surface area contributed by atoms with Crippen molar-refractivity contribution in [1.29, 1.82) is 0 Å². The van der Waals surface area contributed by atoms with E-state index < -0.39 is 23.7 Å². The minimum atomic E-state index is -0.847. The molecule has 0 amide bonds. The quantitative estimate of drug-likeness (QED) is 0.349. The van der Waals surface area contributed by atoms with E-state index in [2.05, 4.69) is 4.74 Å². The molecule has 0 unspecified atom stereocenters. The number of ether oxygens (including phenoxy) is 4. The van der Waals surface area contributed by atoms with Gasteiger partial charge >= 0.3 is 17.9 Å². The summed E-state index contributed by atoms with van der Waals surface area (Å²) in [4.78, 5) is 35.1. The van der Waals surface area contributed by atoms with E-state index in [4.69, 9.17) is 14.2 Å². The van der Waals surface area contributed by atoms with Gasteiger partial charge in [0.1, 0.15) is 11.3 Å². The van der Waals surface area contributed by atoms with Crippen molar-refractivity contribution in [3.63, 3.8) is 0 Å². The van der Waals surface area contributed by atoms with Crippen molar-refractivity contribution in [3.05, 3.63) is 59.4 Å². The van der Waals surface area contributed by atoms with Crippen molar-refractivity contribution in [3.8, 4) is 17.2 Å². The summed E-state index contributed by atoms with van der Waals surface area (Å²) in [6.45, 7) is 1.24. The lowest BCUT2D eigenvalue weighted by Crippen LogP contribution is -2.12. The number of methoxy groups -OCH3 is 2. The predicted molar refractivity (Wildman–Crippen MR) is 97.8 cm³/mol. The van der Waals surface area contributed by atoms with Crippen LogP contribution >= 0.6 is 0 Å². The van der Waals surface area contributed by atoms with Crippen LogP contribution in [0.1, 0.15) is 22.8 Å². The van der Waals surface area contributed by atoms with E-state index in [1.807, 2.05) is 0 Å². The third-order valence-corrected chi connectivity index (χ3v) is 3.47. The molecule has 146 valence electrons. The van der Waals surface area contributed by atoms with Crippen molar-refractivity contribution >= 4 is 24.0 Å². The van der Waals surface area contributed by atoms with Crippen LogP contribution in [0.3, 0.4) is 0 Å². The first-order valence-electron chi connectivity index (χ1n) is 8.03. The molecule has 0 aromatic heterocycles. The number of hydrogen-bond acceptors (Lipinski definition) is 8. The Morgan fingerprint density at radius 3 is 2.21 bits per heavy atom. The number of hydrogen-bond donors (Lipinski definition) is 1. The summed E-state index contributed by atoms with van der Waals surface area (Å²) in [6, 6.07) is 10.6. The van der Waals surface area contributed by atoms with E-state index in [1.165, 1.54) is 44.4 Å². The fourth-order valence-corrected chi connectivity index (χ4v) is 2.22. The Morgan fingerprint density at radius 2 is 1.57 bits per heavy atom. The van der Waals surface area contributed by atoms with Crippen molar-refractivity contribution in [1.82, 2.24) is 0 Å². The molecular formula is C20H18O8. The first-order chi connectivity index (χ1) is 13.4. The predicted octanol–water partition coefficient (Wildman–Crippen LogP) is 2.70. The van der Waals surface area contributed by atoms with E-state index in [-0.39, 0.29) is 22.8 Å². The van der Waals surface area contributed by atoms with Gasteiger partial charge in [-0.15, -0.1) is 0 Å². The van der Waals surface area contributed by atoms with E-state index in [0.29, 0.717) is 5.56 Å². The molecule has 0 saturated carbocycles. The van der Waals surface area contributed by atoms with Gasteiger partial charge in [-0.05, 0) is 24.3 Å². The van der Waals surface area contributed by atoms with E-state index in [9.17, 15) is 19.5 Å². The molecule has 0 radical (unpaired) electrons. The van der Waals surface area contributed by atoms with Gasteiger partial charge in [-0.1, -0.05) is 24.3 Å². The Balaban J connectivity index is 2.47. The number of phenols is 1. The molecule has 0 aliphatic rings. The highest BCUT2D eigenvalue weighted by Crippen LogP contribution is 2.32. The van der Waals surface area contributed by atoms with Gasteiger partial charge in [0.15, 0.2) is 11.5 Å². The maximum Gasteiger partial charge on any atom is 0.373 e. The maximum absolute atomic E-state index is 12.1. The fourth-order valence-electron chi connectivity index (χ4n) is 2.22. The number of benzene rings is 2. The summed E-state index contributed by atoms with van der Waals surface area (Å²) in [5.74, 6) is -2.93. The number of para-hydroxylation sites is 2. The van der Waals surface area contributed by atoms with E-state index in [1.54, 1.807) is 18.2 Å². The van der Waals surface area contributed by atoms with Crippen molar-refractivity contribution in [2.24, 2.45) is 0 Å². The molecule has 2 rings (SSSR count). The third kappa shape index (κ3) is 4.88. The molecule has 8 nitrogen and oxygen atoms in total. The fraction of sp³-hybridized carbons (Fsp3) is 0.150. The molecule has 0 saturated heterocycles. The minimum Gasteiger partial charge on any atom is -0.504 e. The van der Waals surface area contributed by atoms with Gasteiger partial charge in [0, 0.05) is 12.5 Å². The highest BCUT2D eigenvalue weighted by molar-refractivity contribution is 5.95. The zero-order valence-corrected chi connectivity index (χ0v) is 15.4. The van der Waals surface area contributed by atoms with Gasteiger partial charge in [-0.2, -0.15) is 0 Å². The third-order valence-electron chi connectivity index (χ3n) is 3.47. The number of carbonyl (C=O) groups is 3. The largest absolute Gasteiger partial charge is 0.504 e. The molecule has 0 heterocycles. The number of aromatic hydroxyl groups is 1. The average molecular weight is 386 g/mol. The lowest BCUT2D eigenvalue weighted by molar-refractivity contribution is -0.138. The smallest absolute Gasteiger partial charge is 0.373 e. The zero-order chi connectivity index (χ0) is 20.7. The summed E-state index contributed by atoms with van der Waals surface area (Å²) in [7, 11) is 2.32. The van der Waals surface area contributed by atoms with Gasteiger partial charge in [-0.25, -0.2) is 9.59 Å². The minimum absolute atomic E-state index is 0.135. The Kier molecular flexibility index (Phi) is 6.75. The number of carbonyl (C=O) groups excluding carboxylic acids is 3. The van der Waals surface area contributed by atoms with Crippen molar-refractivity contribution in [2.75, 3.05) is 14.2 Å².